The number of carbonyl (C=O) groups is 1. The molecule has 1 atom stereocenters. The van der Waals surface area contributed by atoms with Crippen molar-refractivity contribution < 1.29 is 12.3 Å². The molecule has 2 N–H and O–H groups in total. The second kappa shape index (κ2) is 11.7. The van der Waals surface area contributed by atoms with E-state index in [2.05, 4.69) is 26.9 Å². The molecule has 4 aromatic rings. The lowest BCUT2D eigenvalue weighted by Gasteiger charge is -2.33. The number of aromatic amines is 1. The summed E-state index contributed by atoms with van der Waals surface area (Å²) < 4.78 is 27.2. The zero-order chi connectivity index (χ0) is 30.3. The number of nitrogens with one attached hydrogen (secondary N) is 2. The molecule has 40 heavy (non-hydrogen) atoms. The number of nitrogens with zero attached hydrogens (tertiary/aromatic N) is 3. The minimum absolute atomic E-state index is 0.102. The molecule has 0 spiro atoms. The Hall–Kier alpha value is -3.30. The molecule has 1 fully saturated rings. The molecule has 5 rings (SSSR count). The molecule has 1 amide bonds. The van der Waals surface area contributed by atoms with Crippen molar-refractivity contribution in [2.24, 2.45) is 13.0 Å². The molecule has 0 bridgehead atoms. The number of pyridine rings is 1. The largest absolute Gasteiger partial charge is 0.381 e. The lowest BCUT2D eigenvalue weighted by Crippen LogP contribution is -2.29. The van der Waals surface area contributed by atoms with Crippen molar-refractivity contribution in [3.8, 4) is 11.1 Å². The van der Waals surface area contributed by atoms with Gasteiger partial charge in [-0.25, -0.2) is 0 Å². The van der Waals surface area contributed by atoms with Crippen molar-refractivity contribution in [1.82, 2.24) is 24.6 Å². The van der Waals surface area contributed by atoms with E-state index in [-0.39, 0.29) is 17.7 Å². The summed E-state index contributed by atoms with van der Waals surface area (Å²) in [5, 5.41) is 7.62. The van der Waals surface area contributed by atoms with Crippen LogP contribution in [0.1, 0.15) is 68.7 Å². The minimum Gasteiger partial charge on any atom is -0.381 e. The van der Waals surface area contributed by atoms with Gasteiger partial charge in [0.15, 0.2) is 0 Å². The number of aromatic nitrogens is 4. The standard InChI is InChI=1S/C31H39N5O3S/c1-18-13-28(40-6)26(30(37)34-18)16-32-31(38)29-20(3)36(19(2)21-7-10-24(39-5)11-8-21)27-12-9-22(14-25(27)29)23-15-33-35(4)17-23/h9,12-15,17,19,21,24H,7-8,10-11,16H2,1-6H3,(H,32,38)(H,34,37)/t19-,21?,24?/m1/s1/i16D2. The SMILES string of the molecule is [2H]C([2H])(NC(=O)c1c(C)n([C@H](C)C2CCC(OC)CC2)c2ccc(-c3cnn(C)c3)cc12)c1c(SC)cc(C)[nH]c1=O. The van der Waals surface area contributed by atoms with E-state index in [4.69, 9.17) is 7.48 Å². The molecular weight excluding hydrogens is 522 g/mol. The normalized spacial score (nSPS) is 19.4. The van der Waals surface area contributed by atoms with Gasteiger partial charge in [0.05, 0.1) is 20.6 Å². The molecule has 8 nitrogen and oxygen atoms in total. The van der Waals surface area contributed by atoms with Crippen LogP contribution in [0.3, 0.4) is 0 Å². The summed E-state index contributed by atoms with van der Waals surface area (Å²) in [6.45, 7) is 3.48. The molecule has 1 aliphatic rings. The van der Waals surface area contributed by atoms with Gasteiger partial charge in [0.1, 0.15) is 0 Å². The summed E-state index contributed by atoms with van der Waals surface area (Å²) in [5.74, 6) is -0.145. The second-order valence-corrected chi connectivity index (χ2v) is 11.6. The number of carbonyl (C=O) groups excluding carboxylic acids is 1. The number of ether oxygens (including phenoxy) is 1. The first-order chi connectivity index (χ1) is 19.9. The highest BCUT2D eigenvalue weighted by Crippen LogP contribution is 2.39. The van der Waals surface area contributed by atoms with Gasteiger partial charge in [-0.1, -0.05) is 6.07 Å². The second-order valence-electron chi connectivity index (χ2n) is 10.8. The fourth-order valence-electron chi connectivity index (χ4n) is 6.14. The van der Waals surface area contributed by atoms with Crippen LogP contribution in [0.2, 0.25) is 0 Å². The number of hydrogen-bond acceptors (Lipinski definition) is 5. The number of rotatable bonds is 8. The number of aryl methyl sites for hydroxylation is 2. The number of hydrogen-bond donors (Lipinski definition) is 2. The Morgan fingerprint density at radius 2 is 2.00 bits per heavy atom. The van der Waals surface area contributed by atoms with Crippen molar-refractivity contribution >= 4 is 28.6 Å². The van der Waals surface area contributed by atoms with Crippen LogP contribution in [-0.4, -0.2) is 44.7 Å². The van der Waals surface area contributed by atoms with Crippen molar-refractivity contribution in [2.75, 3.05) is 13.4 Å². The Bertz CT molecular complexity index is 1680. The molecule has 0 aliphatic heterocycles. The highest BCUT2D eigenvalue weighted by atomic mass is 32.2. The Morgan fingerprint density at radius 3 is 2.65 bits per heavy atom. The highest BCUT2D eigenvalue weighted by Gasteiger charge is 2.30. The van der Waals surface area contributed by atoms with Gasteiger partial charge in [0.2, 0.25) is 0 Å². The van der Waals surface area contributed by atoms with Gasteiger partial charge in [0.25, 0.3) is 11.5 Å². The number of amides is 1. The third kappa shape index (κ3) is 5.37. The summed E-state index contributed by atoms with van der Waals surface area (Å²) in [6.07, 6.45) is 9.86. The van der Waals surface area contributed by atoms with Gasteiger partial charge in [-0.15, -0.1) is 11.8 Å². The van der Waals surface area contributed by atoms with Crippen LogP contribution < -0.4 is 10.9 Å². The van der Waals surface area contributed by atoms with Crippen molar-refractivity contribution in [1.29, 1.82) is 0 Å². The van der Waals surface area contributed by atoms with Gasteiger partial charge in [-0.3, -0.25) is 14.3 Å². The molecule has 0 radical (unpaired) electrons. The maximum Gasteiger partial charge on any atom is 0.254 e. The highest BCUT2D eigenvalue weighted by molar-refractivity contribution is 7.98. The predicted octanol–water partition coefficient (Wildman–Crippen LogP) is 5.77. The summed E-state index contributed by atoms with van der Waals surface area (Å²) in [4.78, 5) is 30.1. The van der Waals surface area contributed by atoms with Crippen molar-refractivity contribution in [3.63, 3.8) is 0 Å². The zero-order valence-electron chi connectivity index (χ0n) is 26.0. The molecular formula is C31H39N5O3S. The van der Waals surface area contributed by atoms with Crippen LogP contribution in [0, 0.1) is 19.8 Å². The molecule has 212 valence electrons. The van der Waals surface area contributed by atoms with Crippen LogP contribution in [-0.2, 0) is 18.3 Å². The van der Waals surface area contributed by atoms with Gasteiger partial charge in [0, 0.05) is 71.2 Å². The van der Waals surface area contributed by atoms with E-state index in [9.17, 15) is 9.59 Å². The first-order valence-corrected chi connectivity index (χ1v) is 14.9. The van der Waals surface area contributed by atoms with Gasteiger partial charge >= 0.3 is 0 Å². The van der Waals surface area contributed by atoms with E-state index in [0.29, 0.717) is 22.1 Å². The van der Waals surface area contributed by atoms with E-state index < -0.39 is 18.0 Å². The van der Waals surface area contributed by atoms with E-state index in [1.165, 1.54) is 11.8 Å². The lowest BCUT2D eigenvalue weighted by molar-refractivity contribution is 0.0492. The minimum atomic E-state index is -2.40. The fraction of sp³-hybridized carbons (Fsp3) is 0.452. The fourth-order valence-corrected chi connectivity index (χ4v) is 6.78. The third-order valence-electron chi connectivity index (χ3n) is 8.31. The number of H-pyrrole nitrogens is 1. The van der Waals surface area contributed by atoms with E-state index in [1.54, 1.807) is 37.2 Å². The summed E-state index contributed by atoms with van der Waals surface area (Å²) in [6, 6.07) is 7.92. The average Bonchev–Trinajstić information content (AvgIpc) is 3.51. The molecule has 0 saturated heterocycles. The molecule has 1 aliphatic carbocycles. The van der Waals surface area contributed by atoms with Crippen molar-refractivity contribution in [3.05, 3.63) is 69.5 Å². The van der Waals surface area contributed by atoms with Crippen molar-refractivity contribution in [2.45, 2.75) is 70.0 Å². The third-order valence-corrected chi connectivity index (χ3v) is 9.07. The topological polar surface area (TPSA) is 93.9 Å². The lowest BCUT2D eigenvalue weighted by atomic mass is 9.83. The summed E-state index contributed by atoms with van der Waals surface area (Å²) in [5.41, 5.74) is 3.91. The predicted molar refractivity (Wildman–Crippen MR) is 161 cm³/mol. The van der Waals surface area contributed by atoms with Crippen LogP contribution in [0.4, 0.5) is 0 Å². The summed E-state index contributed by atoms with van der Waals surface area (Å²) >= 11 is 1.27. The monoisotopic (exact) mass is 563 g/mol. The Kier molecular flexibility index (Phi) is 7.48. The first-order valence-electron chi connectivity index (χ1n) is 14.7. The number of thioether (sulfide) groups is 1. The Morgan fingerprint density at radius 1 is 1.25 bits per heavy atom. The van der Waals surface area contributed by atoms with Gasteiger partial charge in [-0.05, 0) is 82.4 Å². The Balaban J connectivity index is 1.60. The van der Waals surface area contributed by atoms with Crippen LogP contribution in [0.15, 0.2) is 46.3 Å². The first kappa shape index (κ1) is 25.7. The molecule has 9 heteroatoms. The van der Waals surface area contributed by atoms with Crippen LogP contribution in [0.25, 0.3) is 22.0 Å². The quantitative estimate of drug-likeness (QED) is 0.266. The van der Waals surface area contributed by atoms with Crippen LogP contribution in [0.5, 0.6) is 0 Å². The van der Waals surface area contributed by atoms with E-state index in [1.807, 2.05) is 38.4 Å². The van der Waals surface area contributed by atoms with Gasteiger partial charge in [-0.2, -0.15) is 5.10 Å². The van der Waals surface area contributed by atoms with E-state index in [0.717, 1.165) is 53.4 Å². The maximum atomic E-state index is 14.1. The summed E-state index contributed by atoms with van der Waals surface area (Å²) in [7, 11) is 3.63. The molecule has 3 heterocycles. The molecule has 3 aromatic heterocycles. The molecule has 1 aromatic carbocycles. The molecule has 0 unspecified atom stereocenters. The number of fused-ring (bicyclic) bond motifs is 1. The molecule has 1 saturated carbocycles. The Labute approximate surface area is 242 Å². The van der Waals surface area contributed by atoms with Crippen LogP contribution >= 0.6 is 11.8 Å². The smallest absolute Gasteiger partial charge is 0.254 e. The zero-order valence-corrected chi connectivity index (χ0v) is 24.8. The van der Waals surface area contributed by atoms with Gasteiger partial charge < -0.3 is 19.6 Å². The number of methoxy groups -OCH3 is 1. The maximum absolute atomic E-state index is 14.1. The van der Waals surface area contributed by atoms with E-state index >= 15 is 0 Å². The number of benzene rings is 1. The average molecular weight is 564 g/mol.